The van der Waals surface area contributed by atoms with E-state index in [4.69, 9.17) is 9.97 Å². The Morgan fingerprint density at radius 3 is 1.84 bits per heavy atom. The predicted molar refractivity (Wildman–Crippen MR) is 203 cm³/mol. The molecule has 0 amide bonds. The third-order valence-corrected chi connectivity index (χ3v) is 9.84. The topological polar surface area (TPSA) is 74.4 Å². The van der Waals surface area contributed by atoms with Crippen LogP contribution >= 0.6 is 0 Å². The number of aromatic nitrogens is 4. The minimum absolute atomic E-state index is 0.00793. The number of aromatic amines is 2. The summed E-state index contributed by atoms with van der Waals surface area (Å²) in [6.45, 7) is 12.5. The highest BCUT2D eigenvalue weighted by molar-refractivity contribution is 6.07. The Morgan fingerprint density at radius 2 is 1.14 bits per heavy atom. The maximum atomic E-state index is 14.1. The molecular formula is C44H38N4O. The maximum absolute atomic E-state index is 14.1. The van der Waals surface area contributed by atoms with Gasteiger partial charge in [0, 0.05) is 38.8 Å². The van der Waals surface area contributed by atoms with Gasteiger partial charge in [0.1, 0.15) is 5.69 Å². The first-order valence-corrected chi connectivity index (χ1v) is 16.8. The van der Waals surface area contributed by atoms with E-state index in [-0.39, 0.29) is 5.78 Å². The zero-order valence-corrected chi connectivity index (χ0v) is 28.7. The molecule has 8 bridgehead atoms. The van der Waals surface area contributed by atoms with Crippen LogP contribution in [0.15, 0.2) is 97.1 Å². The molecule has 0 spiro atoms. The zero-order valence-electron chi connectivity index (χ0n) is 28.7. The van der Waals surface area contributed by atoms with Crippen molar-refractivity contribution in [3.8, 4) is 33.4 Å². The van der Waals surface area contributed by atoms with E-state index in [1.807, 2.05) is 44.2 Å². The first-order valence-electron chi connectivity index (χ1n) is 16.8. The van der Waals surface area contributed by atoms with E-state index in [1.54, 1.807) is 0 Å². The lowest BCUT2D eigenvalue weighted by Gasteiger charge is -2.18. The van der Waals surface area contributed by atoms with Crippen LogP contribution in [0.4, 0.5) is 0 Å². The lowest BCUT2D eigenvalue weighted by atomic mass is 9.82. The molecule has 6 aromatic rings. The number of benzene rings is 3. The van der Waals surface area contributed by atoms with Crippen molar-refractivity contribution in [3.05, 3.63) is 142 Å². The summed E-state index contributed by atoms with van der Waals surface area (Å²) in [4.78, 5) is 32.0. The number of carbonyl (C=O) groups excluding carboxylic acids is 1. The largest absolute Gasteiger partial charge is 0.355 e. The quantitative estimate of drug-likeness (QED) is 0.202. The van der Waals surface area contributed by atoms with E-state index in [0.717, 1.165) is 72.5 Å². The highest BCUT2D eigenvalue weighted by atomic mass is 16.1. The fourth-order valence-electron chi connectivity index (χ4n) is 7.48. The maximum Gasteiger partial charge on any atom is 0.192 e. The summed E-state index contributed by atoms with van der Waals surface area (Å²) in [7, 11) is 0. The van der Waals surface area contributed by atoms with Gasteiger partial charge in [0.2, 0.25) is 0 Å². The number of fused-ring (bicyclic) bond motifs is 8. The molecule has 3 aromatic heterocycles. The monoisotopic (exact) mass is 638 g/mol. The summed E-state index contributed by atoms with van der Waals surface area (Å²) in [5.41, 5.74) is 16.6. The summed E-state index contributed by atoms with van der Waals surface area (Å²) in [6, 6.07) is 33.5. The highest BCUT2D eigenvalue weighted by Gasteiger charge is 2.40. The van der Waals surface area contributed by atoms with Crippen molar-refractivity contribution in [2.45, 2.75) is 47.0 Å². The Balaban J connectivity index is 1.58. The number of hydrogen-bond donors (Lipinski definition) is 2. The van der Waals surface area contributed by atoms with E-state index in [0.29, 0.717) is 5.69 Å². The Labute approximate surface area is 286 Å². The van der Waals surface area contributed by atoms with Crippen molar-refractivity contribution in [1.29, 1.82) is 0 Å². The van der Waals surface area contributed by atoms with Crippen LogP contribution in [0.1, 0.15) is 63.7 Å². The van der Waals surface area contributed by atoms with Crippen molar-refractivity contribution in [2.75, 3.05) is 0 Å². The molecule has 0 atom stereocenters. The average Bonchev–Trinajstić information content (AvgIpc) is 3.88. The van der Waals surface area contributed by atoms with Crippen LogP contribution in [0.2, 0.25) is 0 Å². The molecule has 0 saturated heterocycles. The first kappa shape index (κ1) is 30.5. The van der Waals surface area contributed by atoms with Crippen molar-refractivity contribution in [1.82, 2.24) is 19.9 Å². The molecule has 2 aliphatic rings. The molecule has 49 heavy (non-hydrogen) atoms. The normalized spacial score (nSPS) is 13.6. The molecule has 0 aliphatic carbocycles. The summed E-state index contributed by atoms with van der Waals surface area (Å²) in [5.74, 6) is -0.00793. The molecule has 5 nitrogen and oxygen atoms in total. The molecule has 0 unspecified atom stereocenters. The Bertz CT molecular complexity index is 2490. The molecule has 0 saturated carbocycles. The number of carbonyl (C=O) groups is 1. The molecular weight excluding hydrogens is 601 g/mol. The minimum atomic E-state index is -0.843. The van der Waals surface area contributed by atoms with E-state index in [2.05, 4.69) is 117 Å². The van der Waals surface area contributed by atoms with Crippen LogP contribution in [-0.2, 0) is 5.41 Å². The Kier molecular flexibility index (Phi) is 7.11. The molecule has 0 radical (unpaired) electrons. The summed E-state index contributed by atoms with van der Waals surface area (Å²) in [6.07, 6.45) is 4.25. The highest BCUT2D eigenvalue weighted by Crippen LogP contribution is 2.41. The van der Waals surface area contributed by atoms with Crippen LogP contribution in [0.3, 0.4) is 0 Å². The molecule has 0 fully saturated rings. The van der Waals surface area contributed by atoms with Gasteiger partial charge in [-0.25, -0.2) is 9.97 Å². The van der Waals surface area contributed by atoms with Gasteiger partial charge in [-0.2, -0.15) is 0 Å². The lowest BCUT2D eigenvalue weighted by Crippen LogP contribution is -2.24. The van der Waals surface area contributed by atoms with Gasteiger partial charge < -0.3 is 9.97 Å². The number of nitrogens with zero attached hydrogens (tertiary/aromatic N) is 2. The van der Waals surface area contributed by atoms with Gasteiger partial charge in [-0.05, 0) is 112 Å². The van der Waals surface area contributed by atoms with E-state index in [9.17, 15) is 4.79 Å². The SMILES string of the molecule is Cc1ccc(-c2c3nc(c(-c4c(C)cc(C)cc4C)c4ccc(cc5nc(c(-c6ccccc6)c6ccc2[nH]6)C(C)(C)C5=O)[nH]4)C=C3)cc1. The fraction of sp³-hybridized carbons (Fsp3) is 0.159. The molecule has 5 heteroatoms. The predicted octanol–water partition coefficient (Wildman–Crippen LogP) is 10.9. The van der Waals surface area contributed by atoms with Crippen LogP contribution in [0.25, 0.3) is 67.6 Å². The van der Waals surface area contributed by atoms with E-state index >= 15 is 0 Å². The second-order valence-corrected chi connectivity index (χ2v) is 13.9. The second-order valence-electron chi connectivity index (χ2n) is 13.9. The number of ketones is 1. The molecule has 5 heterocycles. The average molecular weight is 639 g/mol. The van der Waals surface area contributed by atoms with Gasteiger partial charge in [0.15, 0.2) is 5.78 Å². The third kappa shape index (κ3) is 5.14. The van der Waals surface area contributed by atoms with Crippen molar-refractivity contribution < 1.29 is 4.79 Å². The minimum Gasteiger partial charge on any atom is -0.355 e. The smallest absolute Gasteiger partial charge is 0.192 e. The van der Waals surface area contributed by atoms with Crippen molar-refractivity contribution in [2.24, 2.45) is 0 Å². The lowest BCUT2D eigenvalue weighted by molar-refractivity contribution is 0.0919. The zero-order chi connectivity index (χ0) is 34.0. The number of nitrogens with one attached hydrogen (secondary N) is 2. The van der Waals surface area contributed by atoms with Gasteiger partial charge in [-0.3, -0.25) is 4.79 Å². The third-order valence-electron chi connectivity index (χ3n) is 9.84. The summed E-state index contributed by atoms with van der Waals surface area (Å²) >= 11 is 0. The van der Waals surface area contributed by atoms with Gasteiger partial charge in [0.05, 0.1) is 22.5 Å². The van der Waals surface area contributed by atoms with Gasteiger partial charge in [-0.15, -0.1) is 0 Å². The number of H-pyrrole nitrogens is 2. The van der Waals surface area contributed by atoms with Crippen molar-refractivity contribution >= 4 is 40.0 Å². The van der Waals surface area contributed by atoms with E-state index < -0.39 is 5.41 Å². The number of Topliss-reactive ketones (excluding diaryl/α,β-unsaturated/α-hetero) is 1. The molecule has 2 N–H and O–H groups in total. The fourth-order valence-corrected chi connectivity index (χ4v) is 7.48. The first-order chi connectivity index (χ1) is 23.6. The van der Waals surface area contributed by atoms with Gasteiger partial charge in [-0.1, -0.05) is 77.9 Å². The van der Waals surface area contributed by atoms with Gasteiger partial charge in [0.25, 0.3) is 0 Å². The number of aryl methyl sites for hydroxylation is 4. The molecule has 2 aliphatic heterocycles. The van der Waals surface area contributed by atoms with Gasteiger partial charge >= 0.3 is 0 Å². The van der Waals surface area contributed by atoms with Crippen LogP contribution in [0.5, 0.6) is 0 Å². The summed E-state index contributed by atoms with van der Waals surface area (Å²) in [5, 5.41) is 0. The summed E-state index contributed by atoms with van der Waals surface area (Å²) < 4.78 is 0. The van der Waals surface area contributed by atoms with E-state index in [1.165, 1.54) is 22.3 Å². The molecule has 3 aromatic carbocycles. The molecule has 8 rings (SSSR count). The Morgan fingerprint density at radius 1 is 0.551 bits per heavy atom. The number of hydrogen-bond acceptors (Lipinski definition) is 3. The standard InChI is InChI=1S/C44H38N4O/c1-25-12-14-30(15-13-25)39-32-18-20-34(46-32)40(29-10-8-7-9-11-29)42-44(5,6)43(49)37(48-42)24-31-16-17-35(45-31)41(36-21-19-33(39)47-36)38-27(3)22-26(2)23-28(38)4/h7-24,45-46H,1-6H3. The van der Waals surface area contributed by atoms with Crippen LogP contribution in [-0.4, -0.2) is 25.7 Å². The van der Waals surface area contributed by atoms with Crippen LogP contribution in [0, 0.1) is 27.7 Å². The van der Waals surface area contributed by atoms with Crippen molar-refractivity contribution in [3.63, 3.8) is 0 Å². The Hall–Kier alpha value is -5.81. The second kappa shape index (κ2) is 11.4. The number of rotatable bonds is 3. The van der Waals surface area contributed by atoms with Crippen LogP contribution < -0.4 is 0 Å². The molecule has 240 valence electrons.